The van der Waals surface area contributed by atoms with Crippen LogP contribution >= 0.6 is 11.8 Å². The summed E-state index contributed by atoms with van der Waals surface area (Å²) in [6.45, 7) is 0. The number of ether oxygens (including phenoxy) is 1. The van der Waals surface area contributed by atoms with Crippen molar-refractivity contribution in [2.75, 3.05) is 0 Å². The molecule has 2 rings (SSSR count). The fourth-order valence-electron chi connectivity index (χ4n) is 1.93. The van der Waals surface area contributed by atoms with Crippen LogP contribution in [-0.2, 0) is 17.0 Å². The molecule has 0 aliphatic carbocycles. The quantitative estimate of drug-likeness (QED) is 0.811. The predicted octanol–water partition coefficient (Wildman–Crippen LogP) is 3.91. The van der Waals surface area contributed by atoms with Gasteiger partial charge in [-0.05, 0) is 35.4 Å². The maximum Gasteiger partial charge on any atom is 0.573 e. The fraction of sp³-hybridized carbons (Fsp3) is 0.188. The average molecular weight is 341 g/mol. The van der Waals surface area contributed by atoms with Crippen molar-refractivity contribution in [1.82, 2.24) is 0 Å². The Hall–Kier alpha value is -2.15. The molecule has 0 radical (unpaired) electrons. The Morgan fingerprint density at radius 3 is 2.35 bits per heavy atom. The minimum atomic E-state index is -4.68. The van der Waals surface area contributed by atoms with Crippen LogP contribution < -0.4 is 10.5 Å². The molecule has 0 unspecified atom stereocenters. The summed E-state index contributed by atoms with van der Waals surface area (Å²) in [6, 6.07) is 13.2. The lowest BCUT2D eigenvalue weighted by Crippen LogP contribution is -2.16. The van der Waals surface area contributed by atoms with Gasteiger partial charge in [0.2, 0.25) is 5.91 Å². The lowest BCUT2D eigenvalue weighted by Gasteiger charge is -2.09. The summed E-state index contributed by atoms with van der Waals surface area (Å²) >= 11 is 1.47. The molecule has 0 saturated heterocycles. The second-order valence-electron chi connectivity index (χ2n) is 4.77. The highest BCUT2D eigenvalue weighted by atomic mass is 32.2. The van der Waals surface area contributed by atoms with E-state index in [4.69, 9.17) is 5.73 Å². The number of carbonyl (C=O) groups is 1. The van der Waals surface area contributed by atoms with Gasteiger partial charge in [0.25, 0.3) is 0 Å². The number of primary amides is 1. The zero-order chi connectivity index (χ0) is 16.9. The Labute approximate surface area is 135 Å². The number of halogens is 3. The van der Waals surface area contributed by atoms with Gasteiger partial charge in [0.05, 0.1) is 6.42 Å². The largest absolute Gasteiger partial charge is 0.573 e. The Balaban J connectivity index is 1.94. The van der Waals surface area contributed by atoms with Crippen LogP contribution in [0.4, 0.5) is 13.2 Å². The SMILES string of the molecule is NC(=O)Cc1cccc(CSc2ccc(OC(F)(F)F)cc2)c1. The molecular weight excluding hydrogens is 327 g/mol. The van der Waals surface area contributed by atoms with Crippen LogP contribution in [-0.4, -0.2) is 12.3 Å². The number of thioether (sulfide) groups is 1. The van der Waals surface area contributed by atoms with Crippen LogP contribution in [0.1, 0.15) is 11.1 Å². The van der Waals surface area contributed by atoms with Gasteiger partial charge in [0, 0.05) is 10.6 Å². The van der Waals surface area contributed by atoms with Gasteiger partial charge in [-0.1, -0.05) is 24.3 Å². The standard InChI is InChI=1S/C16H14F3NO2S/c17-16(18,19)22-13-4-6-14(7-5-13)23-10-12-3-1-2-11(8-12)9-15(20)21/h1-8H,9-10H2,(H2,20,21). The first-order chi connectivity index (χ1) is 10.8. The molecule has 2 N–H and O–H groups in total. The summed E-state index contributed by atoms with van der Waals surface area (Å²) in [4.78, 5) is 11.7. The van der Waals surface area contributed by atoms with Gasteiger partial charge in [-0.25, -0.2) is 0 Å². The lowest BCUT2D eigenvalue weighted by molar-refractivity contribution is -0.274. The summed E-state index contributed by atoms with van der Waals surface area (Å²) in [5.41, 5.74) is 7.00. The third-order valence-electron chi connectivity index (χ3n) is 2.83. The van der Waals surface area contributed by atoms with Gasteiger partial charge >= 0.3 is 6.36 Å². The van der Waals surface area contributed by atoms with E-state index >= 15 is 0 Å². The summed E-state index contributed by atoms with van der Waals surface area (Å²) < 4.78 is 40.1. The normalized spacial score (nSPS) is 11.3. The van der Waals surface area contributed by atoms with Crippen LogP contribution in [0.25, 0.3) is 0 Å². The zero-order valence-electron chi connectivity index (χ0n) is 12.0. The van der Waals surface area contributed by atoms with E-state index in [2.05, 4.69) is 4.74 Å². The summed E-state index contributed by atoms with van der Waals surface area (Å²) in [5, 5.41) is 0. The Morgan fingerprint density at radius 1 is 1.09 bits per heavy atom. The molecule has 0 bridgehead atoms. The number of carbonyl (C=O) groups excluding carboxylic acids is 1. The van der Waals surface area contributed by atoms with Gasteiger partial charge < -0.3 is 10.5 Å². The van der Waals surface area contributed by atoms with E-state index in [1.165, 1.54) is 23.9 Å². The molecule has 0 aliphatic rings. The molecule has 1 amide bonds. The second-order valence-corrected chi connectivity index (χ2v) is 5.82. The fourth-order valence-corrected chi connectivity index (χ4v) is 2.78. The van der Waals surface area contributed by atoms with E-state index in [-0.39, 0.29) is 12.2 Å². The predicted molar refractivity (Wildman–Crippen MR) is 82.0 cm³/mol. The third-order valence-corrected chi connectivity index (χ3v) is 3.92. The topological polar surface area (TPSA) is 52.3 Å². The van der Waals surface area contributed by atoms with E-state index in [1.807, 2.05) is 24.3 Å². The minimum absolute atomic E-state index is 0.183. The number of alkyl halides is 3. The van der Waals surface area contributed by atoms with E-state index in [0.717, 1.165) is 16.0 Å². The molecule has 0 aromatic heterocycles. The third kappa shape index (κ3) is 6.23. The Bertz CT molecular complexity index is 672. The first kappa shape index (κ1) is 17.2. The van der Waals surface area contributed by atoms with Crippen LogP contribution in [0.2, 0.25) is 0 Å². The monoisotopic (exact) mass is 341 g/mol. The van der Waals surface area contributed by atoms with E-state index in [1.54, 1.807) is 12.1 Å². The highest BCUT2D eigenvalue weighted by Crippen LogP contribution is 2.28. The molecule has 0 heterocycles. The maximum atomic E-state index is 12.1. The van der Waals surface area contributed by atoms with Gasteiger partial charge in [-0.3, -0.25) is 4.79 Å². The molecule has 0 atom stereocenters. The number of hydrogen-bond acceptors (Lipinski definition) is 3. The number of benzene rings is 2. The molecule has 0 fully saturated rings. The number of rotatable bonds is 6. The highest BCUT2D eigenvalue weighted by Gasteiger charge is 2.30. The minimum Gasteiger partial charge on any atom is -0.406 e. The van der Waals surface area contributed by atoms with Gasteiger partial charge in [0.1, 0.15) is 5.75 Å². The highest BCUT2D eigenvalue weighted by molar-refractivity contribution is 7.98. The molecular formula is C16H14F3NO2S. The van der Waals surface area contributed by atoms with Crippen molar-refractivity contribution in [3.05, 3.63) is 59.7 Å². The molecule has 0 spiro atoms. The van der Waals surface area contributed by atoms with Crippen molar-refractivity contribution in [1.29, 1.82) is 0 Å². The van der Waals surface area contributed by atoms with Crippen LogP contribution in [0.3, 0.4) is 0 Å². The first-order valence-electron chi connectivity index (χ1n) is 6.66. The molecule has 7 heteroatoms. The van der Waals surface area contributed by atoms with Gasteiger partial charge in [-0.15, -0.1) is 24.9 Å². The van der Waals surface area contributed by atoms with Crippen molar-refractivity contribution < 1.29 is 22.7 Å². The Kier molecular flexibility index (Phi) is 5.54. The van der Waals surface area contributed by atoms with Crippen LogP contribution in [0.5, 0.6) is 5.75 Å². The number of amides is 1. The summed E-state index contributed by atoms with van der Waals surface area (Å²) in [7, 11) is 0. The average Bonchev–Trinajstić information content (AvgIpc) is 2.45. The van der Waals surface area contributed by atoms with Crippen LogP contribution in [0.15, 0.2) is 53.4 Å². The molecule has 0 saturated carbocycles. The molecule has 3 nitrogen and oxygen atoms in total. The molecule has 2 aromatic rings. The number of hydrogen-bond donors (Lipinski definition) is 1. The zero-order valence-corrected chi connectivity index (χ0v) is 12.8. The maximum absolute atomic E-state index is 12.1. The molecule has 2 aromatic carbocycles. The van der Waals surface area contributed by atoms with Gasteiger partial charge in [-0.2, -0.15) is 0 Å². The van der Waals surface area contributed by atoms with Crippen molar-refractivity contribution in [3.63, 3.8) is 0 Å². The number of nitrogens with two attached hydrogens (primary N) is 1. The first-order valence-corrected chi connectivity index (χ1v) is 7.65. The van der Waals surface area contributed by atoms with Crippen LogP contribution in [0, 0.1) is 0 Å². The van der Waals surface area contributed by atoms with Crippen molar-refractivity contribution in [2.45, 2.75) is 23.4 Å². The van der Waals surface area contributed by atoms with Gasteiger partial charge in [0.15, 0.2) is 0 Å². The summed E-state index contributed by atoms with van der Waals surface area (Å²) in [5.74, 6) is -0.00753. The molecule has 23 heavy (non-hydrogen) atoms. The lowest BCUT2D eigenvalue weighted by atomic mass is 10.1. The van der Waals surface area contributed by atoms with E-state index in [0.29, 0.717) is 5.75 Å². The summed E-state index contributed by atoms with van der Waals surface area (Å²) in [6.07, 6.45) is -4.50. The molecule has 122 valence electrons. The van der Waals surface area contributed by atoms with Crippen molar-refractivity contribution in [2.24, 2.45) is 5.73 Å². The Morgan fingerprint density at radius 2 is 1.74 bits per heavy atom. The smallest absolute Gasteiger partial charge is 0.406 e. The second kappa shape index (κ2) is 7.41. The van der Waals surface area contributed by atoms with Crippen molar-refractivity contribution >= 4 is 17.7 Å². The molecule has 0 aliphatic heterocycles. The van der Waals surface area contributed by atoms with Crippen molar-refractivity contribution in [3.8, 4) is 5.75 Å². The van der Waals surface area contributed by atoms with E-state index < -0.39 is 12.3 Å². The van der Waals surface area contributed by atoms with E-state index in [9.17, 15) is 18.0 Å².